The van der Waals surface area contributed by atoms with Crippen molar-refractivity contribution in [1.82, 2.24) is 0 Å². The molecule has 6 nitrogen and oxygen atoms in total. The number of piperidine rings is 1. The zero-order chi connectivity index (χ0) is 14.2. The number of hydrogen-bond acceptors (Lipinski definition) is 5. The third-order valence-electron chi connectivity index (χ3n) is 3.82. The zero-order valence-electron chi connectivity index (χ0n) is 11.2. The quantitative estimate of drug-likeness (QED) is 0.793. The summed E-state index contributed by atoms with van der Waals surface area (Å²) >= 11 is 0. The Morgan fingerprint density at radius 1 is 1.35 bits per heavy atom. The summed E-state index contributed by atoms with van der Waals surface area (Å²) in [7, 11) is 0. The Morgan fingerprint density at radius 3 is 2.80 bits per heavy atom. The Hall–Kier alpha value is -1.79. The molecular formula is C14H18N2O4. The van der Waals surface area contributed by atoms with E-state index < -0.39 is 11.8 Å². The van der Waals surface area contributed by atoms with Crippen molar-refractivity contribution in [2.45, 2.75) is 18.6 Å². The molecule has 2 fully saturated rings. The number of aromatic carboxylic acids is 1. The first kappa shape index (κ1) is 13.2. The maximum atomic E-state index is 11.4. The molecule has 1 aromatic rings. The van der Waals surface area contributed by atoms with Crippen molar-refractivity contribution in [1.29, 1.82) is 0 Å². The highest BCUT2D eigenvalue weighted by Crippen LogP contribution is 2.34. The number of nitrogen functional groups attached to an aromatic ring is 1. The van der Waals surface area contributed by atoms with E-state index in [1.165, 1.54) is 0 Å². The Balaban J connectivity index is 1.92. The fourth-order valence-corrected chi connectivity index (χ4v) is 2.92. The second-order valence-electron chi connectivity index (χ2n) is 5.21. The third-order valence-corrected chi connectivity index (χ3v) is 3.82. The van der Waals surface area contributed by atoms with E-state index in [1.807, 2.05) is 4.90 Å². The maximum absolute atomic E-state index is 11.4. The van der Waals surface area contributed by atoms with Crippen molar-refractivity contribution in [2.24, 2.45) is 0 Å². The normalized spacial score (nSPS) is 21.3. The Kier molecular flexibility index (Phi) is 3.27. The Bertz CT molecular complexity index is 526. The summed E-state index contributed by atoms with van der Waals surface area (Å²) in [5.41, 5.74) is 7.24. The fourth-order valence-electron chi connectivity index (χ4n) is 2.92. The number of carboxylic acids is 1. The van der Waals surface area contributed by atoms with Crippen LogP contribution in [0, 0.1) is 0 Å². The van der Waals surface area contributed by atoms with Gasteiger partial charge in [-0.1, -0.05) is 0 Å². The summed E-state index contributed by atoms with van der Waals surface area (Å²) < 4.78 is 11.4. The molecular weight excluding hydrogens is 260 g/mol. The lowest BCUT2D eigenvalue weighted by Gasteiger charge is -2.40. The molecule has 0 aromatic heterocycles. The molecule has 0 unspecified atom stereocenters. The lowest BCUT2D eigenvalue weighted by Crippen LogP contribution is -2.49. The average molecular weight is 278 g/mol. The summed E-state index contributed by atoms with van der Waals surface area (Å²) in [6.45, 7) is 2.50. The highest BCUT2D eigenvalue weighted by atomic mass is 16.7. The number of ether oxygens (including phenoxy) is 2. The highest BCUT2D eigenvalue weighted by Gasteiger charge is 2.41. The van der Waals surface area contributed by atoms with Crippen molar-refractivity contribution in [3.8, 4) is 0 Å². The molecule has 2 aliphatic rings. The maximum Gasteiger partial charge on any atom is 0.337 e. The van der Waals surface area contributed by atoms with Gasteiger partial charge < -0.3 is 25.2 Å². The molecule has 20 heavy (non-hydrogen) atoms. The van der Waals surface area contributed by atoms with Crippen molar-refractivity contribution >= 4 is 17.3 Å². The molecule has 2 saturated heterocycles. The molecule has 2 aliphatic heterocycles. The van der Waals surface area contributed by atoms with Gasteiger partial charge >= 0.3 is 5.97 Å². The minimum Gasteiger partial charge on any atom is -0.478 e. The highest BCUT2D eigenvalue weighted by molar-refractivity contribution is 5.95. The number of carbonyl (C=O) groups is 1. The molecule has 0 radical (unpaired) electrons. The average Bonchev–Trinajstić information content (AvgIpc) is 2.86. The molecule has 2 heterocycles. The number of nitrogens with two attached hydrogens (primary N) is 1. The summed E-state index contributed by atoms with van der Waals surface area (Å²) in [6, 6.07) is 4.86. The van der Waals surface area contributed by atoms with Crippen LogP contribution >= 0.6 is 0 Å². The van der Waals surface area contributed by atoms with Gasteiger partial charge in [0.25, 0.3) is 0 Å². The number of rotatable bonds is 2. The summed E-state index contributed by atoms with van der Waals surface area (Å²) in [4.78, 5) is 13.4. The predicted octanol–water partition coefficient (Wildman–Crippen LogP) is 1.31. The van der Waals surface area contributed by atoms with Gasteiger partial charge in [-0.3, -0.25) is 0 Å². The van der Waals surface area contributed by atoms with Crippen LogP contribution in [0.25, 0.3) is 0 Å². The van der Waals surface area contributed by atoms with Gasteiger partial charge in [0.05, 0.1) is 31.0 Å². The van der Waals surface area contributed by atoms with Gasteiger partial charge in [-0.15, -0.1) is 0 Å². The summed E-state index contributed by atoms with van der Waals surface area (Å²) in [5, 5.41) is 9.31. The minimum absolute atomic E-state index is 0.259. The number of anilines is 2. The van der Waals surface area contributed by atoms with E-state index in [4.69, 9.17) is 15.2 Å². The van der Waals surface area contributed by atoms with Crippen molar-refractivity contribution in [3.05, 3.63) is 23.8 Å². The van der Waals surface area contributed by atoms with Gasteiger partial charge in [0.1, 0.15) is 0 Å². The van der Waals surface area contributed by atoms with E-state index in [1.54, 1.807) is 18.2 Å². The summed E-state index contributed by atoms with van der Waals surface area (Å²) in [5.74, 6) is -1.54. The van der Waals surface area contributed by atoms with Crippen LogP contribution in [0.2, 0.25) is 0 Å². The molecule has 1 aromatic carbocycles. The van der Waals surface area contributed by atoms with Crippen LogP contribution in [0.15, 0.2) is 18.2 Å². The standard InChI is InChI=1S/C14H18N2O4/c15-10-2-3-11(13(17)18)12(8-10)16-5-1-4-14(9-16)19-6-7-20-14/h2-3,8H,1,4-7,9,15H2,(H,17,18). The molecule has 108 valence electrons. The van der Waals surface area contributed by atoms with E-state index >= 15 is 0 Å². The monoisotopic (exact) mass is 278 g/mol. The number of hydrogen-bond donors (Lipinski definition) is 2. The SMILES string of the molecule is Nc1ccc(C(=O)O)c(N2CCCC3(C2)OCCO3)c1. The molecule has 1 spiro atoms. The van der Waals surface area contributed by atoms with E-state index in [2.05, 4.69) is 0 Å². The molecule has 3 rings (SSSR count). The molecule has 0 atom stereocenters. The third kappa shape index (κ3) is 2.32. The zero-order valence-corrected chi connectivity index (χ0v) is 11.2. The van der Waals surface area contributed by atoms with Gasteiger partial charge in [0.15, 0.2) is 5.79 Å². The molecule has 0 bridgehead atoms. The lowest BCUT2D eigenvalue weighted by molar-refractivity contribution is -0.161. The van der Waals surface area contributed by atoms with Crippen LogP contribution < -0.4 is 10.6 Å². The molecule has 0 aliphatic carbocycles. The number of carboxylic acid groups (broad SMARTS) is 1. The van der Waals surface area contributed by atoms with Gasteiger partial charge in [-0.25, -0.2) is 4.79 Å². The first-order valence-corrected chi connectivity index (χ1v) is 6.75. The Labute approximate surface area is 117 Å². The number of benzene rings is 1. The van der Waals surface area contributed by atoms with E-state index in [0.717, 1.165) is 19.4 Å². The van der Waals surface area contributed by atoms with Crippen LogP contribution in [0.3, 0.4) is 0 Å². The predicted molar refractivity (Wildman–Crippen MR) is 73.9 cm³/mol. The summed E-state index contributed by atoms with van der Waals surface area (Å²) in [6.07, 6.45) is 1.74. The van der Waals surface area contributed by atoms with Crippen molar-refractivity contribution in [2.75, 3.05) is 36.9 Å². The molecule has 0 saturated carbocycles. The van der Waals surface area contributed by atoms with Gasteiger partial charge in [-0.2, -0.15) is 0 Å². The van der Waals surface area contributed by atoms with Crippen molar-refractivity contribution < 1.29 is 19.4 Å². The number of nitrogens with zero attached hydrogens (tertiary/aromatic N) is 1. The van der Waals surface area contributed by atoms with Gasteiger partial charge in [0, 0.05) is 18.7 Å². The fraction of sp³-hybridized carbons (Fsp3) is 0.500. The minimum atomic E-state index is -0.951. The first-order chi connectivity index (χ1) is 9.60. The second kappa shape index (κ2) is 4.96. The molecule has 0 amide bonds. The molecule has 3 N–H and O–H groups in total. The van der Waals surface area contributed by atoms with Crippen LogP contribution in [-0.4, -0.2) is 43.2 Å². The largest absolute Gasteiger partial charge is 0.478 e. The van der Waals surface area contributed by atoms with Crippen LogP contribution in [0.5, 0.6) is 0 Å². The van der Waals surface area contributed by atoms with Crippen LogP contribution in [0.1, 0.15) is 23.2 Å². The smallest absolute Gasteiger partial charge is 0.337 e. The van der Waals surface area contributed by atoms with E-state index in [-0.39, 0.29) is 5.56 Å². The molecule has 6 heteroatoms. The van der Waals surface area contributed by atoms with Crippen LogP contribution in [-0.2, 0) is 9.47 Å². The first-order valence-electron chi connectivity index (χ1n) is 6.75. The van der Waals surface area contributed by atoms with Crippen molar-refractivity contribution in [3.63, 3.8) is 0 Å². The van der Waals surface area contributed by atoms with Gasteiger partial charge in [-0.05, 0) is 24.6 Å². The second-order valence-corrected chi connectivity index (χ2v) is 5.21. The van der Waals surface area contributed by atoms with E-state index in [9.17, 15) is 9.90 Å². The Morgan fingerprint density at radius 2 is 2.10 bits per heavy atom. The van der Waals surface area contributed by atoms with E-state index in [0.29, 0.717) is 31.1 Å². The van der Waals surface area contributed by atoms with Gasteiger partial charge in [0.2, 0.25) is 0 Å². The van der Waals surface area contributed by atoms with Crippen LogP contribution in [0.4, 0.5) is 11.4 Å². The topological polar surface area (TPSA) is 85.0 Å². The lowest BCUT2D eigenvalue weighted by atomic mass is 10.0.